The molecule has 0 bridgehead atoms. The van der Waals surface area contributed by atoms with Crippen LogP contribution in [0.3, 0.4) is 0 Å². The number of rotatable bonds is 6. The number of anilines is 1. The van der Waals surface area contributed by atoms with Crippen molar-refractivity contribution in [3.63, 3.8) is 0 Å². The zero-order chi connectivity index (χ0) is 18.5. The van der Waals surface area contributed by atoms with Crippen molar-refractivity contribution in [2.45, 2.75) is 20.1 Å². The van der Waals surface area contributed by atoms with Gasteiger partial charge in [-0.25, -0.2) is 0 Å². The summed E-state index contributed by atoms with van der Waals surface area (Å²) in [6.07, 6.45) is 0. The van der Waals surface area contributed by atoms with Gasteiger partial charge in [-0.15, -0.1) is 0 Å². The fraction of sp³-hybridized carbons (Fsp3) is 0.120. The molecule has 0 saturated carbocycles. The van der Waals surface area contributed by atoms with E-state index in [1.165, 1.54) is 27.5 Å². The molecule has 0 fully saturated rings. The molecule has 4 aromatic carbocycles. The maximum Gasteiger partial charge on any atom is 0.125 e. The molecule has 0 aliphatic carbocycles. The summed E-state index contributed by atoms with van der Waals surface area (Å²) in [7, 11) is 0. The predicted molar refractivity (Wildman–Crippen MR) is 113 cm³/mol. The van der Waals surface area contributed by atoms with Crippen LogP contribution in [0.15, 0.2) is 91.0 Å². The van der Waals surface area contributed by atoms with E-state index in [2.05, 4.69) is 85.0 Å². The van der Waals surface area contributed by atoms with Gasteiger partial charge in [0, 0.05) is 17.8 Å². The normalized spacial score (nSPS) is 10.7. The first kappa shape index (κ1) is 17.2. The molecule has 0 aliphatic rings. The molecule has 0 radical (unpaired) electrons. The average molecular weight is 353 g/mol. The summed E-state index contributed by atoms with van der Waals surface area (Å²) in [5.74, 6) is 0.928. The Morgan fingerprint density at radius 1 is 0.741 bits per heavy atom. The van der Waals surface area contributed by atoms with Gasteiger partial charge in [-0.3, -0.25) is 0 Å². The van der Waals surface area contributed by atoms with Gasteiger partial charge in [-0.2, -0.15) is 0 Å². The third-order valence-corrected chi connectivity index (χ3v) is 4.76. The highest BCUT2D eigenvalue weighted by atomic mass is 16.5. The molecule has 0 saturated heterocycles. The second kappa shape index (κ2) is 7.96. The van der Waals surface area contributed by atoms with Crippen LogP contribution in [0.2, 0.25) is 0 Å². The van der Waals surface area contributed by atoms with E-state index in [4.69, 9.17) is 4.74 Å². The first-order valence-electron chi connectivity index (χ1n) is 9.27. The summed E-state index contributed by atoms with van der Waals surface area (Å²) in [6, 6.07) is 31.4. The summed E-state index contributed by atoms with van der Waals surface area (Å²) >= 11 is 0. The molecule has 2 heteroatoms. The van der Waals surface area contributed by atoms with Gasteiger partial charge in [-0.05, 0) is 41.5 Å². The van der Waals surface area contributed by atoms with Crippen molar-refractivity contribution in [1.82, 2.24) is 0 Å². The minimum Gasteiger partial charge on any atom is -0.489 e. The second-order valence-corrected chi connectivity index (χ2v) is 6.76. The molecule has 0 spiro atoms. The lowest BCUT2D eigenvalue weighted by Gasteiger charge is -2.16. The number of aryl methyl sites for hydroxylation is 1. The van der Waals surface area contributed by atoms with Crippen molar-refractivity contribution in [2.75, 3.05) is 5.32 Å². The number of ether oxygens (including phenoxy) is 1. The van der Waals surface area contributed by atoms with E-state index in [0.29, 0.717) is 13.2 Å². The Bertz CT molecular complexity index is 1020. The minimum atomic E-state index is 0.566. The Hall–Kier alpha value is -3.26. The predicted octanol–water partition coefficient (Wildman–Crippen LogP) is 6.34. The van der Waals surface area contributed by atoms with Crippen molar-refractivity contribution in [3.05, 3.63) is 108 Å². The Labute approximate surface area is 160 Å². The minimum absolute atomic E-state index is 0.566. The van der Waals surface area contributed by atoms with Gasteiger partial charge >= 0.3 is 0 Å². The first-order valence-corrected chi connectivity index (χ1v) is 9.27. The van der Waals surface area contributed by atoms with Gasteiger partial charge in [0.2, 0.25) is 0 Å². The highest BCUT2D eigenvalue weighted by Crippen LogP contribution is 2.29. The van der Waals surface area contributed by atoms with E-state index in [-0.39, 0.29) is 0 Å². The molecule has 134 valence electrons. The zero-order valence-electron chi connectivity index (χ0n) is 15.5. The molecular weight excluding hydrogens is 330 g/mol. The first-order chi connectivity index (χ1) is 13.3. The van der Waals surface area contributed by atoms with E-state index < -0.39 is 0 Å². The van der Waals surface area contributed by atoms with E-state index in [9.17, 15) is 0 Å². The van der Waals surface area contributed by atoms with Crippen LogP contribution in [0, 0.1) is 6.92 Å². The number of benzene rings is 4. The Balaban J connectivity index is 1.61. The van der Waals surface area contributed by atoms with Crippen LogP contribution in [0.4, 0.5) is 5.69 Å². The standard InChI is InChI=1S/C25H23NO/c1-19-11-13-20(14-12-19)18-27-25-16-15-21-7-5-6-10-23(21)24(25)17-26-22-8-3-2-4-9-22/h2-16,26H,17-18H2,1H3. The number of para-hydroxylation sites is 1. The summed E-state index contributed by atoms with van der Waals surface area (Å²) in [6.45, 7) is 3.38. The van der Waals surface area contributed by atoms with Crippen molar-refractivity contribution in [1.29, 1.82) is 0 Å². The average Bonchev–Trinajstić information content (AvgIpc) is 2.73. The molecule has 0 unspecified atom stereocenters. The molecule has 27 heavy (non-hydrogen) atoms. The smallest absolute Gasteiger partial charge is 0.125 e. The summed E-state index contributed by atoms with van der Waals surface area (Å²) in [5.41, 5.74) is 4.73. The lowest BCUT2D eigenvalue weighted by molar-refractivity contribution is 0.304. The Kier molecular flexibility index (Phi) is 5.06. The molecule has 0 aliphatic heterocycles. The number of nitrogens with one attached hydrogen (secondary N) is 1. The zero-order valence-corrected chi connectivity index (χ0v) is 15.5. The van der Waals surface area contributed by atoms with Crippen molar-refractivity contribution in [3.8, 4) is 5.75 Å². The largest absolute Gasteiger partial charge is 0.489 e. The van der Waals surface area contributed by atoms with Crippen LogP contribution >= 0.6 is 0 Å². The van der Waals surface area contributed by atoms with Crippen LogP contribution in [-0.2, 0) is 13.2 Å². The molecule has 0 atom stereocenters. The number of hydrogen-bond donors (Lipinski definition) is 1. The molecular formula is C25H23NO. The van der Waals surface area contributed by atoms with Crippen LogP contribution in [0.5, 0.6) is 5.75 Å². The Morgan fingerprint density at radius 2 is 1.48 bits per heavy atom. The van der Waals surface area contributed by atoms with Crippen molar-refractivity contribution in [2.24, 2.45) is 0 Å². The molecule has 4 aromatic rings. The summed E-state index contributed by atoms with van der Waals surface area (Å²) in [5, 5.41) is 5.97. The Morgan fingerprint density at radius 3 is 2.30 bits per heavy atom. The maximum atomic E-state index is 6.22. The molecule has 4 rings (SSSR count). The van der Waals surface area contributed by atoms with Crippen LogP contribution in [0.25, 0.3) is 10.8 Å². The number of hydrogen-bond acceptors (Lipinski definition) is 2. The quantitative estimate of drug-likeness (QED) is 0.437. The van der Waals surface area contributed by atoms with Gasteiger partial charge in [0.15, 0.2) is 0 Å². The third kappa shape index (κ3) is 4.12. The van der Waals surface area contributed by atoms with Gasteiger partial charge < -0.3 is 10.1 Å². The lowest BCUT2D eigenvalue weighted by Crippen LogP contribution is -2.04. The van der Waals surface area contributed by atoms with E-state index in [0.717, 1.165) is 11.4 Å². The fourth-order valence-corrected chi connectivity index (χ4v) is 3.23. The van der Waals surface area contributed by atoms with Gasteiger partial charge in [0.25, 0.3) is 0 Å². The van der Waals surface area contributed by atoms with Crippen LogP contribution in [-0.4, -0.2) is 0 Å². The molecule has 0 aromatic heterocycles. The van der Waals surface area contributed by atoms with Gasteiger partial charge in [0.1, 0.15) is 12.4 Å². The number of fused-ring (bicyclic) bond motifs is 1. The van der Waals surface area contributed by atoms with E-state index >= 15 is 0 Å². The molecule has 0 amide bonds. The summed E-state index contributed by atoms with van der Waals surface area (Å²) < 4.78 is 6.22. The monoisotopic (exact) mass is 353 g/mol. The second-order valence-electron chi connectivity index (χ2n) is 6.76. The maximum absolute atomic E-state index is 6.22. The summed E-state index contributed by atoms with van der Waals surface area (Å²) in [4.78, 5) is 0. The van der Waals surface area contributed by atoms with Crippen LogP contribution in [0.1, 0.15) is 16.7 Å². The van der Waals surface area contributed by atoms with Crippen molar-refractivity contribution < 1.29 is 4.74 Å². The molecule has 2 nitrogen and oxygen atoms in total. The van der Waals surface area contributed by atoms with E-state index in [1.807, 2.05) is 18.2 Å². The van der Waals surface area contributed by atoms with E-state index in [1.54, 1.807) is 0 Å². The SMILES string of the molecule is Cc1ccc(COc2ccc3ccccc3c2CNc2ccccc2)cc1. The topological polar surface area (TPSA) is 21.3 Å². The highest BCUT2D eigenvalue weighted by Gasteiger charge is 2.09. The van der Waals surface area contributed by atoms with Crippen LogP contribution < -0.4 is 10.1 Å². The molecule has 0 heterocycles. The van der Waals surface area contributed by atoms with Gasteiger partial charge in [-0.1, -0.05) is 78.4 Å². The molecule has 1 N–H and O–H groups in total. The fourth-order valence-electron chi connectivity index (χ4n) is 3.23. The lowest BCUT2D eigenvalue weighted by atomic mass is 10.0. The third-order valence-electron chi connectivity index (χ3n) is 4.76. The highest BCUT2D eigenvalue weighted by molar-refractivity contribution is 5.88. The van der Waals surface area contributed by atoms with Gasteiger partial charge in [0.05, 0.1) is 0 Å². The van der Waals surface area contributed by atoms with Crippen molar-refractivity contribution >= 4 is 16.5 Å².